The minimum Gasteiger partial charge on any atom is -0.445 e. The fourth-order valence-electron chi connectivity index (χ4n) is 2.77. The zero-order valence-corrected chi connectivity index (χ0v) is 15.8. The number of carbonyl (C=O) groups excluding carboxylic acids is 2. The maximum absolute atomic E-state index is 14.6. The molecule has 26 heavy (non-hydrogen) atoms. The predicted octanol–water partition coefficient (Wildman–Crippen LogP) is 3.60. The van der Waals surface area contributed by atoms with Crippen molar-refractivity contribution in [3.63, 3.8) is 0 Å². The molecule has 0 spiro atoms. The molecule has 1 aliphatic rings. The highest BCUT2D eigenvalue weighted by Crippen LogP contribution is 2.21. The highest BCUT2D eigenvalue weighted by molar-refractivity contribution is 5.69. The highest BCUT2D eigenvalue weighted by atomic mass is 19.1. The average Bonchev–Trinajstić information content (AvgIpc) is 2.58. The number of alkyl halides is 1. The molecule has 0 saturated carbocycles. The molecular formula is C19H27FN2O4. The Morgan fingerprint density at radius 1 is 1.27 bits per heavy atom. The summed E-state index contributed by atoms with van der Waals surface area (Å²) < 4.78 is 25.1. The van der Waals surface area contributed by atoms with Gasteiger partial charge in [-0.25, -0.2) is 14.0 Å². The normalized spacial score (nSPS) is 20.4. The van der Waals surface area contributed by atoms with Crippen LogP contribution in [0.2, 0.25) is 0 Å². The summed E-state index contributed by atoms with van der Waals surface area (Å²) in [6.07, 6.45) is -2.14. The van der Waals surface area contributed by atoms with Crippen LogP contribution in [0.4, 0.5) is 14.0 Å². The van der Waals surface area contributed by atoms with Crippen LogP contribution in [0.25, 0.3) is 0 Å². The summed E-state index contributed by atoms with van der Waals surface area (Å²) in [5, 5.41) is 0. The second kappa shape index (κ2) is 8.38. The summed E-state index contributed by atoms with van der Waals surface area (Å²) in [6.45, 7) is 5.65. The smallest absolute Gasteiger partial charge is 0.410 e. The Hall–Kier alpha value is -2.31. The van der Waals surface area contributed by atoms with Crippen LogP contribution in [0.1, 0.15) is 32.8 Å². The molecule has 2 atom stereocenters. The Morgan fingerprint density at radius 2 is 1.92 bits per heavy atom. The minimum atomic E-state index is -1.36. The topological polar surface area (TPSA) is 59.1 Å². The largest absolute Gasteiger partial charge is 0.445 e. The molecule has 1 aromatic carbocycles. The van der Waals surface area contributed by atoms with Crippen LogP contribution < -0.4 is 0 Å². The molecule has 1 saturated heterocycles. The minimum absolute atomic E-state index is 0.106. The summed E-state index contributed by atoms with van der Waals surface area (Å²) in [5.74, 6) is 0. The third-order valence-electron chi connectivity index (χ3n) is 4.15. The van der Waals surface area contributed by atoms with Crippen molar-refractivity contribution in [3.8, 4) is 0 Å². The monoisotopic (exact) mass is 366 g/mol. The van der Waals surface area contributed by atoms with E-state index in [0.29, 0.717) is 13.0 Å². The maximum Gasteiger partial charge on any atom is 0.410 e. The number of piperidine rings is 1. The molecule has 1 heterocycles. The van der Waals surface area contributed by atoms with Gasteiger partial charge in [0, 0.05) is 13.6 Å². The summed E-state index contributed by atoms with van der Waals surface area (Å²) in [7, 11) is 1.52. The fraction of sp³-hybridized carbons (Fsp3) is 0.579. The van der Waals surface area contributed by atoms with Gasteiger partial charge in [-0.3, -0.25) is 0 Å². The van der Waals surface area contributed by atoms with Crippen LogP contribution in [0.15, 0.2) is 30.3 Å². The Bertz CT molecular complexity index is 618. The quantitative estimate of drug-likeness (QED) is 0.820. The van der Waals surface area contributed by atoms with Gasteiger partial charge in [0.1, 0.15) is 18.4 Å². The second-order valence-electron chi connectivity index (χ2n) is 7.45. The van der Waals surface area contributed by atoms with Gasteiger partial charge in [-0.15, -0.1) is 0 Å². The molecule has 7 heteroatoms. The van der Waals surface area contributed by atoms with E-state index in [-0.39, 0.29) is 13.2 Å². The highest BCUT2D eigenvalue weighted by Gasteiger charge is 2.37. The number of likely N-dealkylation sites (tertiary alicyclic amines) is 1. The van der Waals surface area contributed by atoms with Gasteiger partial charge in [0.05, 0.1) is 12.6 Å². The number of nitrogens with zero attached hydrogens (tertiary/aromatic N) is 2. The van der Waals surface area contributed by atoms with Gasteiger partial charge in [0.25, 0.3) is 0 Å². The first kappa shape index (κ1) is 20.0. The fourth-order valence-corrected chi connectivity index (χ4v) is 2.77. The van der Waals surface area contributed by atoms with E-state index in [1.54, 1.807) is 20.8 Å². The van der Waals surface area contributed by atoms with E-state index in [0.717, 1.165) is 5.56 Å². The molecule has 0 aromatic heterocycles. The lowest BCUT2D eigenvalue weighted by molar-refractivity contribution is -0.00298. The molecule has 144 valence electrons. The first-order valence-electron chi connectivity index (χ1n) is 8.73. The van der Waals surface area contributed by atoms with Gasteiger partial charge in [-0.05, 0) is 32.8 Å². The van der Waals surface area contributed by atoms with E-state index in [1.165, 1.54) is 16.8 Å². The van der Waals surface area contributed by atoms with Gasteiger partial charge >= 0.3 is 12.2 Å². The Labute approximate surface area is 153 Å². The molecule has 2 amide bonds. The zero-order valence-electron chi connectivity index (χ0n) is 15.8. The molecular weight excluding hydrogens is 339 g/mol. The van der Waals surface area contributed by atoms with Crippen LogP contribution in [-0.2, 0) is 16.1 Å². The molecule has 0 radical (unpaired) electrons. The van der Waals surface area contributed by atoms with Crippen LogP contribution in [0.3, 0.4) is 0 Å². The van der Waals surface area contributed by atoms with Crippen molar-refractivity contribution < 1.29 is 23.5 Å². The average molecular weight is 366 g/mol. The van der Waals surface area contributed by atoms with Crippen LogP contribution >= 0.6 is 0 Å². The molecule has 0 unspecified atom stereocenters. The second-order valence-corrected chi connectivity index (χ2v) is 7.45. The van der Waals surface area contributed by atoms with Crippen molar-refractivity contribution in [2.45, 2.75) is 51.6 Å². The maximum atomic E-state index is 14.6. The summed E-state index contributed by atoms with van der Waals surface area (Å²) >= 11 is 0. The molecule has 1 aliphatic heterocycles. The predicted molar refractivity (Wildman–Crippen MR) is 95.5 cm³/mol. The molecule has 0 bridgehead atoms. The van der Waals surface area contributed by atoms with Crippen LogP contribution in [-0.4, -0.2) is 59.9 Å². The molecule has 0 N–H and O–H groups in total. The van der Waals surface area contributed by atoms with Crippen molar-refractivity contribution in [1.82, 2.24) is 9.80 Å². The van der Waals surface area contributed by atoms with Crippen LogP contribution in [0, 0.1) is 0 Å². The first-order chi connectivity index (χ1) is 12.2. The number of hydrogen-bond donors (Lipinski definition) is 0. The number of halogens is 1. The Kier molecular flexibility index (Phi) is 6.45. The SMILES string of the molecule is CN(C(=O)OC(C)(C)C)[C@@H]1CCN(C(=O)OCc2ccccc2)C[C@H]1F. The molecule has 6 nitrogen and oxygen atoms in total. The van der Waals surface area contributed by atoms with E-state index in [4.69, 9.17) is 9.47 Å². The van der Waals surface area contributed by atoms with E-state index >= 15 is 0 Å². The van der Waals surface area contributed by atoms with E-state index < -0.39 is 30.0 Å². The lowest BCUT2D eigenvalue weighted by Gasteiger charge is -2.38. The van der Waals surface area contributed by atoms with Crippen LogP contribution in [0.5, 0.6) is 0 Å². The standard InChI is InChI=1S/C19H27FN2O4/c1-19(2,3)26-17(23)21(4)16-10-11-22(12-15(16)20)18(24)25-13-14-8-6-5-7-9-14/h5-9,15-16H,10-13H2,1-4H3/t15-,16-/m1/s1. The van der Waals surface area contributed by atoms with Gasteiger partial charge in [-0.1, -0.05) is 30.3 Å². The number of ether oxygens (including phenoxy) is 2. The lowest BCUT2D eigenvalue weighted by Crippen LogP contribution is -2.54. The molecule has 1 aromatic rings. The first-order valence-corrected chi connectivity index (χ1v) is 8.73. The Balaban J connectivity index is 1.85. The number of carbonyl (C=O) groups is 2. The number of amides is 2. The van der Waals surface area contributed by atoms with Crippen molar-refractivity contribution >= 4 is 12.2 Å². The lowest BCUT2D eigenvalue weighted by atomic mass is 10.0. The van der Waals surface area contributed by atoms with E-state index in [2.05, 4.69) is 0 Å². The molecule has 0 aliphatic carbocycles. The zero-order chi connectivity index (χ0) is 19.3. The van der Waals surface area contributed by atoms with Crippen molar-refractivity contribution in [2.24, 2.45) is 0 Å². The van der Waals surface area contributed by atoms with Gasteiger partial charge in [-0.2, -0.15) is 0 Å². The Morgan fingerprint density at radius 3 is 2.50 bits per heavy atom. The van der Waals surface area contributed by atoms with E-state index in [1.807, 2.05) is 30.3 Å². The van der Waals surface area contributed by atoms with Gasteiger partial charge < -0.3 is 19.3 Å². The van der Waals surface area contributed by atoms with Gasteiger partial charge in [0.15, 0.2) is 0 Å². The number of hydrogen-bond acceptors (Lipinski definition) is 4. The van der Waals surface area contributed by atoms with Crippen molar-refractivity contribution in [1.29, 1.82) is 0 Å². The van der Waals surface area contributed by atoms with Crippen molar-refractivity contribution in [3.05, 3.63) is 35.9 Å². The number of rotatable bonds is 3. The summed E-state index contributed by atoms with van der Waals surface area (Å²) in [6, 6.07) is 8.69. The van der Waals surface area contributed by atoms with E-state index in [9.17, 15) is 14.0 Å². The van der Waals surface area contributed by atoms with Gasteiger partial charge in [0.2, 0.25) is 0 Å². The third-order valence-corrected chi connectivity index (χ3v) is 4.15. The summed E-state index contributed by atoms with van der Waals surface area (Å²) in [4.78, 5) is 26.9. The summed E-state index contributed by atoms with van der Waals surface area (Å²) in [5.41, 5.74) is 0.233. The molecule has 1 fully saturated rings. The number of benzene rings is 1. The third kappa shape index (κ3) is 5.61. The molecule has 2 rings (SSSR count). The van der Waals surface area contributed by atoms with Crippen molar-refractivity contribution in [2.75, 3.05) is 20.1 Å².